The smallest absolute Gasteiger partial charge is 0.0701 e. The first-order chi connectivity index (χ1) is 11.9. The second kappa shape index (κ2) is 8.96. The standard InChI is InChI=1S/C23H32N2/c1-7-16(3)13-21-11-12-22(25-21)19(6)15-23(24-8-2)20-10-9-17(4)18(5)14-20/h8-10,14-15,21-22,25H,3,6-7,11-13H2,1-2,4-5H3/b23-15-,24-8?. The van der Waals surface area contributed by atoms with Gasteiger partial charge in [0.15, 0.2) is 0 Å². The topological polar surface area (TPSA) is 24.4 Å². The molecule has 2 rings (SSSR count). The lowest BCUT2D eigenvalue weighted by Gasteiger charge is -2.16. The molecule has 2 unspecified atom stereocenters. The summed E-state index contributed by atoms with van der Waals surface area (Å²) in [6.07, 6.45) is 8.44. The number of nitrogens with zero attached hydrogens (tertiary/aromatic N) is 1. The van der Waals surface area contributed by atoms with Crippen LogP contribution in [0.25, 0.3) is 5.70 Å². The minimum atomic E-state index is 0.336. The molecule has 2 heteroatoms. The number of aliphatic imine (C=N–C) groups is 1. The summed E-state index contributed by atoms with van der Waals surface area (Å²) in [7, 11) is 0. The molecule has 1 fully saturated rings. The van der Waals surface area contributed by atoms with E-state index in [9.17, 15) is 0 Å². The van der Waals surface area contributed by atoms with Gasteiger partial charge in [-0.3, -0.25) is 4.99 Å². The first-order valence-electron chi connectivity index (χ1n) is 9.34. The molecule has 2 nitrogen and oxygen atoms in total. The summed E-state index contributed by atoms with van der Waals surface area (Å²) in [5, 5.41) is 3.72. The molecule has 0 saturated carbocycles. The Kier molecular flexibility index (Phi) is 6.95. The van der Waals surface area contributed by atoms with Gasteiger partial charge in [0.2, 0.25) is 0 Å². The fourth-order valence-corrected chi connectivity index (χ4v) is 3.28. The van der Waals surface area contributed by atoms with Crippen LogP contribution in [0.2, 0.25) is 0 Å². The molecule has 0 radical (unpaired) electrons. The van der Waals surface area contributed by atoms with Crippen molar-refractivity contribution in [3.8, 4) is 0 Å². The van der Waals surface area contributed by atoms with Crippen molar-refractivity contribution in [2.24, 2.45) is 4.99 Å². The molecular weight excluding hydrogens is 304 g/mol. The van der Waals surface area contributed by atoms with Crippen molar-refractivity contribution in [2.45, 2.75) is 65.5 Å². The molecule has 1 aromatic carbocycles. The highest BCUT2D eigenvalue weighted by atomic mass is 15.0. The molecule has 0 bridgehead atoms. The van der Waals surface area contributed by atoms with E-state index in [0.29, 0.717) is 12.1 Å². The lowest BCUT2D eigenvalue weighted by Crippen LogP contribution is -2.30. The number of hydrogen-bond donors (Lipinski definition) is 1. The summed E-state index contributed by atoms with van der Waals surface area (Å²) < 4.78 is 0. The predicted octanol–water partition coefficient (Wildman–Crippen LogP) is 5.77. The minimum Gasteiger partial charge on any atom is -0.307 e. The molecule has 1 saturated heterocycles. The van der Waals surface area contributed by atoms with Gasteiger partial charge in [0.25, 0.3) is 0 Å². The molecule has 0 spiro atoms. The summed E-state index contributed by atoms with van der Waals surface area (Å²) >= 11 is 0. The van der Waals surface area contributed by atoms with E-state index in [0.717, 1.165) is 36.1 Å². The van der Waals surface area contributed by atoms with Gasteiger partial charge in [0.1, 0.15) is 0 Å². The van der Waals surface area contributed by atoms with Crippen LogP contribution in [0.4, 0.5) is 0 Å². The molecule has 2 atom stereocenters. The number of benzene rings is 1. The Morgan fingerprint density at radius 3 is 2.64 bits per heavy atom. The zero-order valence-corrected chi connectivity index (χ0v) is 16.2. The van der Waals surface area contributed by atoms with E-state index in [1.807, 2.05) is 13.1 Å². The zero-order valence-electron chi connectivity index (χ0n) is 16.2. The van der Waals surface area contributed by atoms with Crippen molar-refractivity contribution in [1.82, 2.24) is 5.32 Å². The van der Waals surface area contributed by atoms with Crippen LogP contribution < -0.4 is 5.32 Å². The van der Waals surface area contributed by atoms with Crippen molar-refractivity contribution in [2.75, 3.05) is 0 Å². The Morgan fingerprint density at radius 2 is 2.00 bits per heavy atom. The number of aryl methyl sites for hydroxylation is 2. The van der Waals surface area contributed by atoms with Crippen LogP contribution in [0.5, 0.6) is 0 Å². The third-order valence-electron chi connectivity index (χ3n) is 5.12. The number of rotatable bonds is 7. The van der Waals surface area contributed by atoms with Crippen LogP contribution in [-0.4, -0.2) is 18.3 Å². The second-order valence-electron chi connectivity index (χ2n) is 7.09. The first kappa shape index (κ1) is 19.4. The Morgan fingerprint density at radius 1 is 1.24 bits per heavy atom. The minimum absolute atomic E-state index is 0.336. The van der Waals surface area contributed by atoms with Crippen LogP contribution in [-0.2, 0) is 0 Å². The Hall–Kier alpha value is -1.93. The van der Waals surface area contributed by atoms with Gasteiger partial charge < -0.3 is 5.32 Å². The molecule has 134 valence electrons. The SMILES string of the molecule is C=C(CC)CC1CCC(C(=C)/C=C(\N=CC)c2ccc(C)c(C)c2)N1. The second-order valence-corrected chi connectivity index (χ2v) is 7.09. The molecular formula is C23H32N2. The van der Waals surface area contributed by atoms with Crippen LogP contribution in [0, 0.1) is 13.8 Å². The fraction of sp³-hybridized carbons (Fsp3) is 0.435. The Balaban J connectivity index is 2.13. The van der Waals surface area contributed by atoms with Crippen LogP contribution in [0.15, 0.2) is 53.6 Å². The molecule has 0 aromatic heterocycles. The molecule has 1 aliphatic heterocycles. The van der Waals surface area contributed by atoms with Crippen molar-refractivity contribution >= 4 is 11.9 Å². The van der Waals surface area contributed by atoms with Crippen LogP contribution in [0.1, 0.15) is 56.2 Å². The van der Waals surface area contributed by atoms with Crippen LogP contribution >= 0.6 is 0 Å². The van der Waals surface area contributed by atoms with Gasteiger partial charge in [0, 0.05) is 23.9 Å². The first-order valence-corrected chi connectivity index (χ1v) is 9.34. The van der Waals surface area contributed by atoms with Gasteiger partial charge >= 0.3 is 0 Å². The lowest BCUT2D eigenvalue weighted by atomic mass is 10.0. The molecule has 1 N–H and O–H groups in total. The molecule has 1 heterocycles. The lowest BCUT2D eigenvalue weighted by molar-refractivity contribution is 0.565. The van der Waals surface area contributed by atoms with Gasteiger partial charge in [-0.05, 0) is 75.3 Å². The van der Waals surface area contributed by atoms with Crippen molar-refractivity contribution in [1.29, 1.82) is 0 Å². The normalized spacial score (nSPS) is 21.0. The number of hydrogen-bond acceptors (Lipinski definition) is 2. The largest absolute Gasteiger partial charge is 0.307 e. The highest BCUT2D eigenvalue weighted by Crippen LogP contribution is 2.26. The molecule has 0 amide bonds. The monoisotopic (exact) mass is 336 g/mol. The van der Waals surface area contributed by atoms with Gasteiger partial charge in [-0.2, -0.15) is 0 Å². The maximum absolute atomic E-state index is 4.59. The Bertz CT molecular complexity index is 694. The summed E-state index contributed by atoms with van der Waals surface area (Å²) in [5.74, 6) is 0. The quantitative estimate of drug-likeness (QED) is 0.381. The summed E-state index contributed by atoms with van der Waals surface area (Å²) in [5.41, 5.74) is 7.17. The molecule has 0 aliphatic carbocycles. The highest BCUT2D eigenvalue weighted by molar-refractivity contribution is 5.75. The highest BCUT2D eigenvalue weighted by Gasteiger charge is 2.25. The van der Waals surface area contributed by atoms with Gasteiger partial charge in [-0.25, -0.2) is 0 Å². The van der Waals surface area contributed by atoms with E-state index < -0.39 is 0 Å². The van der Waals surface area contributed by atoms with Crippen molar-refractivity contribution in [3.63, 3.8) is 0 Å². The third kappa shape index (κ3) is 5.27. The van der Waals surface area contributed by atoms with E-state index in [-0.39, 0.29) is 0 Å². The fourth-order valence-electron chi connectivity index (χ4n) is 3.28. The average molecular weight is 337 g/mol. The summed E-state index contributed by atoms with van der Waals surface area (Å²) in [4.78, 5) is 4.59. The number of nitrogens with one attached hydrogen (secondary N) is 1. The van der Waals surface area contributed by atoms with E-state index in [1.54, 1.807) is 0 Å². The Labute approximate surface area is 153 Å². The van der Waals surface area contributed by atoms with E-state index in [2.05, 4.69) is 68.5 Å². The molecule has 1 aromatic rings. The maximum Gasteiger partial charge on any atom is 0.0701 e. The van der Waals surface area contributed by atoms with Crippen LogP contribution in [0.3, 0.4) is 0 Å². The van der Waals surface area contributed by atoms with E-state index in [4.69, 9.17) is 0 Å². The van der Waals surface area contributed by atoms with Crippen molar-refractivity contribution < 1.29 is 0 Å². The van der Waals surface area contributed by atoms with E-state index >= 15 is 0 Å². The molecule has 25 heavy (non-hydrogen) atoms. The van der Waals surface area contributed by atoms with Gasteiger partial charge in [-0.1, -0.05) is 37.8 Å². The predicted molar refractivity (Wildman–Crippen MR) is 111 cm³/mol. The summed E-state index contributed by atoms with van der Waals surface area (Å²) in [6.45, 7) is 16.9. The average Bonchev–Trinajstić information content (AvgIpc) is 3.05. The summed E-state index contributed by atoms with van der Waals surface area (Å²) in [6, 6.07) is 7.38. The third-order valence-corrected chi connectivity index (χ3v) is 5.12. The van der Waals surface area contributed by atoms with Gasteiger partial charge in [0.05, 0.1) is 5.70 Å². The maximum atomic E-state index is 4.59. The van der Waals surface area contributed by atoms with Gasteiger partial charge in [-0.15, -0.1) is 0 Å². The molecule has 1 aliphatic rings. The zero-order chi connectivity index (χ0) is 18.4. The van der Waals surface area contributed by atoms with E-state index in [1.165, 1.54) is 23.1 Å². The van der Waals surface area contributed by atoms with Crippen molar-refractivity contribution in [3.05, 3.63) is 65.3 Å².